The van der Waals surface area contributed by atoms with E-state index in [-0.39, 0.29) is 17.5 Å². The number of benzene rings is 3. The van der Waals surface area contributed by atoms with Gasteiger partial charge in [0.15, 0.2) is 6.61 Å². The minimum absolute atomic E-state index is 0.00437. The third-order valence-corrected chi connectivity index (χ3v) is 4.81. The number of nitrogens with zero attached hydrogens (tertiary/aromatic N) is 6. The highest BCUT2D eigenvalue weighted by Gasteiger charge is 2.29. The molecule has 194 valence electrons. The highest BCUT2D eigenvalue weighted by atomic mass is 19.4. The Morgan fingerprint density at radius 2 is 1.61 bits per heavy atom. The summed E-state index contributed by atoms with van der Waals surface area (Å²) in [5.41, 5.74) is 3.12. The molecule has 0 atom stereocenters. The Hall–Kier alpha value is -5.27. The molecule has 3 aromatic carbocycles. The minimum Gasteiger partial charge on any atom is -0.502 e. The lowest BCUT2D eigenvalue weighted by atomic mass is 10.2. The second kappa shape index (κ2) is 11.2. The largest absolute Gasteiger partial charge is 0.502 e. The molecule has 0 unspecified atom stereocenters. The number of aromatic nitrogens is 3. The molecule has 38 heavy (non-hydrogen) atoms. The molecular weight excluding hydrogens is 507 g/mol. The quantitative estimate of drug-likeness (QED) is 0.168. The molecule has 0 spiro atoms. The Bertz CT molecular complexity index is 1400. The number of ether oxygens (including phenoxy) is 1. The second-order valence-corrected chi connectivity index (χ2v) is 7.49. The summed E-state index contributed by atoms with van der Waals surface area (Å²) < 4.78 is 43.3. The zero-order valence-corrected chi connectivity index (χ0v) is 19.3. The summed E-state index contributed by atoms with van der Waals surface area (Å²) in [6, 6.07) is 20.9. The van der Waals surface area contributed by atoms with Gasteiger partial charge in [0.2, 0.25) is 11.7 Å². The number of para-hydroxylation sites is 3. The number of hydrogen-bond acceptors (Lipinski definition) is 10. The van der Waals surface area contributed by atoms with E-state index in [1.165, 1.54) is 12.1 Å². The highest BCUT2D eigenvalue weighted by Crippen LogP contribution is 2.33. The molecule has 0 amide bonds. The van der Waals surface area contributed by atoms with Gasteiger partial charge in [0.05, 0.1) is 11.1 Å². The van der Waals surface area contributed by atoms with Gasteiger partial charge in [-0.3, -0.25) is 15.0 Å². The van der Waals surface area contributed by atoms with Crippen LogP contribution in [0.5, 0.6) is 11.8 Å². The Morgan fingerprint density at radius 1 is 0.974 bits per heavy atom. The maximum Gasteiger partial charge on any atom is 0.422 e. The summed E-state index contributed by atoms with van der Waals surface area (Å²) in [7, 11) is 0. The fourth-order valence-electron chi connectivity index (χ4n) is 3.20. The van der Waals surface area contributed by atoms with Crippen LogP contribution in [0.2, 0.25) is 0 Å². The molecule has 4 rings (SSSR count). The lowest BCUT2D eigenvalue weighted by Gasteiger charge is -2.23. The second-order valence-electron chi connectivity index (χ2n) is 7.49. The van der Waals surface area contributed by atoms with Crippen molar-refractivity contribution in [2.24, 2.45) is 5.10 Å². The van der Waals surface area contributed by atoms with Crippen molar-refractivity contribution in [3.63, 3.8) is 0 Å². The van der Waals surface area contributed by atoms with Crippen LogP contribution in [0.15, 0.2) is 84.0 Å². The van der Waals surface area contributed by atoms with E-state index in [1.807, 2.05) is 0 Å². The molecule has 0 radical (unpaired) electrons. The number of alkyl halides is 3. The molecular formula is C24H18F3N7O4. The third kappa shape index (κ3) is 6.48. The summed E-state index contributed by atoms with van der Waals surface area (Å²) in [4.78, 5) is 24.0. The molecule has 0 aliphatic rings. The number of phenolic OH excluding ortho intramolecular Hbond substituents is 1. The first-order chi connectivity index (χ1) is 18.2. The molecule has 0 bridgehead atoms. The first kappa shape index (κ1) is 25.8. The average molecular weight is 525 g/mol. The standard InChI is InChI=1S/C24H18F3N7O4/c25-24(26,27)15-38-23-30-21(32-28-14-16-8-7-13-19(20(16)35)34(36)37)29-22(31-23)33(17-9-3-1-4-10-17)18-11-5-2-6-12-18/h1-14,35H,15H2,(H,29,30,31,32)/b28-14-. The smallest absolute Gasteiger partial charge is 0.422 e. The highest BCUT2D eigenvalue weighted by molar-refractivity contribution is 5.86. The van der Waals surface area contributed by atoms with Crippen LogP contribution in [-0.4, -0.2) is 44.0 Å². The van der Waals surface area contributed by atoms with Gasteiger partial charge in [0.1, 0.15) is 0 Å². The van der Waals surface area contributed by atoms with Crippen molar-refractivity contribution < 1.29 is 27.9 Å². The van der Waals surface area contributed by atoms with E-state index in [4.69, 9.17) is 4.74 Å². The van der Waals surface area contributed by atoms with E-state index in [1.54, 1.807) is 65.6 Å². The van der Waals surface area contributed by atoms with Gasteiger partial charge < -0.3 is 9.84 Å². The van der Waals surface area contributed by atoms with Gasteiger partial charge in [-0.05, 0) is 30.3 Å². The van der Waals surface area contributed by atoms with E-state index in [2.05, 4.69) is 25.5 Å². The minimum atomic E-state index is -4.64. The fourth-order valence-corrected chi connectivity index (χ4v) is 3.20. The van der Waals surface area contributed by atoms with Gasteiger partial charge in [-0.2, -0.15) is 33.2 Å². The van der Waals surface area contributed by atoms with Crippen molar-refractivity contribution >= 4 is 35.2 Å². The van der Waals surface area contributed by atoms with Crippen molar-refractivity contribution in [2.45, 2.75) is 6.18 Å². The molecule has 4 aromatic rings. The molecule has 0 saturated heterocycles. The van der Waals surface area contributed by atoms with Crippen LogP contribution in [0.4, 0.5) is 42.1 Å². The van der Waals surface area contributed by atoms with Crippen molar-refractivity contribution in [1.29, 1.82) is 0 Å². The summed E-state index contributed by atoms with van der Waals surface area (Å²) in [6.45, 7) is -1.64. The Morgan fingerprint density at radius 3 is 2.18 bits per heavy atom. The number of halogens is 3. The van der Waals surface area contributed by atoms with Crippen LogP contribution in [0.3, 0.4) is 0 Å². The molecule has 0 saturated carbocycles. The molecule has 0 fully saturated rings. The van der Waals surface area contributed by atoms with E-state index in [0.29, 0.717) is 11.4 Å². The van der Waals surface area contributed by atoms with Crippen molar-refractivity contribution in [2.75, 3.05) is 16.9 Å². The Labute approximate surface area is 213 Å². The van der Waals surface area contributed by atoms with Gasteiger partial charge in [-0.1, -0.05) is 42.5 Å². The zero-order valence-electron chi connectivity index (χ0n) is 19.3. The summed E-state index contributed by atoms with van der Waals surface area (Å²) >= 11 is 0. The average Bonchev–Trinajstić information content (AvgIpc) is 2.89. The van der Waals surface area contributed by atoms with Gasteiger partial charge in [0.25, 0.3) is 5.95 Å². The molecule has 11 nitrogen and oxygen atoms in total. The van der Waals surface area contributed by atoms with E-state index >= 15 is 0 Å². The summed E-state index contributed by atoms with van der Waals surface area (Å²) in [6.07, 6.45) is -3.58. The number of anilines is 4. The maximum atomic E-state index is 12.8. The predicted molar refractivity (Wildman–Crippen MR) is 132 cm³/mol. The molecule has 0 aliphatic heterocycles. The number of aromatic hydroxyl groups is 1. The Balaban J connectivity index is 1.72. The van der Waals surface area contributed by atoms with E-state index in [9.17, 15) is 28.4 Å². The first-order valence-electron chi connectivity index (χ1n) is 10.8. The molecule has 2 N–H and O–H groups in total. The number of nitrogens with one attached hydrogen (secondary N) is 1. The van der Waals surface area contributed by atoms with Crippen LogP contribution < -0.4 is 15.1 Å². The number of hydrazone groups is 1. The van der Waals surface area contributed by atoms with E-state index < -0.39 is 35.2 Å². The number of hydrogen-bond donors (Lipinski definition) is 2. The van der Waals surface area contributed by atoms with Gasteiger partial charge in [-0.25, -0.2) is 5.43 Å². The van der Waals surface area contributed by atoms with Gasteiger partial charge in [-0.15, -0.1) is 0 Å². The fraction of sp³-hybridized carbons (Fsp3) is 0.0833. The number of rotatable bonds is 9. The third-order valence-electron chi connectivity index (χ3n) is 4.81. The number of phenols is 1. The van der Waals surface area contributed by atoms with E-state index in [0.717, 1.165) is 12.3 Å². The topological polar surface area (TPSA) is 139 Å². The Kier molecular flexibility index (Phi) is 7.61. The lowest BCUT2D eigenvalue weighted by Crippen LogP contribution is -2.21. The zero-order chi connectivity index (χ0) is 27.1. The van der Waals surface area contributed by atoms with Crippen LogP contribution in [0.1, 0.15) is 5.56 Å². The van der Waals surface area contributed by atoms with Crippen molar-refractivity contribution in [1.82, 2.24) is 15.0 Å². The molecule has 1 heterocycles. The van der Waals surface area contributed by atoms with Crippen LogP contribution in [0, 0.1) is 10.1 Å². The predicted octanol–water partition coefficient (Wildman–Crippen LogP) is 5.34. The normalized spacial score (nSPS) is 11.3. The SMILES string of the molecule is O=[N+]([O-])c1cccc(/C=N\Nc2nc(OCC(F)(F)F)nc(N(c3ccccc3)c3ccccc3)n2)c1O. The maximum absolute atomic E-state index is 12.8. The monoisotopic (exact) mass is 525 g/mol. The molecule has 1 aromatic heterocycles. The summed E-state index contributed by atoms with van der Waals surface area (Å²) in [5.74, 6) is -0.983. The van der Waals surface area contributed by atoms with Gasteiger partial charge >= 0.3 is 17.9 Å². The number of nitro groups is 1. The van der Waals surface area contributed by atoms with Crippen molar-refractivity contribution in [3.05, 3.63) is 94.5 Å². The van der Waals surface area contributed by atoms with Crippen molar-refractivity contribution in [3.8, 4) is 11.8 Å². The first-order valence-corrected chi connectivity index (χ1v) is 10.8. The van der Waals surface area contributed by atoms with Crippen LogP contribution in [-0.2, 0) is 0 Å². The van der Waals surface area contributed by atoms with Gasteiger partial charge in [0, 0.05) is 23.0 Å². The van der Waals surface area contributed by atoms with Crippen LogP contribution in [0.25, 0.3) is 0 Å². The molecule has 14 heteroatoms. The van der Waals surface area contributed by atoms with Crippen LogP contribution >= 0.6 is 0 Å². The molecule has 0 aliphatic carbocycles. The number of nitro benzene ring substituents is 1. The summed E-state index contributed by atoms with van der Waals surface area (Å²) in [5, 5.41) is 25.0. The lowest BCUT2D eigenvalue weighted by molar-refractivity contribution is -0.385.